The minimum absolute atomic E-state index is 0.197. The van der Waals surface area contributed by atoms with Crippen LogP contribution in [-0.4, -0.2) is 28.0 Å². The van der Waals surface area contributed by atoms with E-state index in [9.17, 15) is 14.4 Å². The molecule has 0 bridgehead atoms. The first-order chi connectivity index (χ1) is 15.9. The van der Waals surface area contributed by atoms with Crippen molar-refractivity contribution in [2.24, 2.45) is 0 Å². The van der Waals surface area contributed by atoms with E-state index in [-0.39, 0.29) is 24.5 Å². The number of carbonyl (C=O) groups excluding carboxylic acids is 2. The second-order valence-electron chi connectivity index (χ2n) is 7.01. The number of hydrogen-bond acceptors (Lipinski definition) is 7. The van der Waals surface area contributed by atoms with Crippen LogP contribution in [0.5, 0.6) is 5.75 Å². The molecule has 9 nitrogen and oxygen atoms in total. The van der Waals surface area contributed by atoms with Gasteiger partial charge in [-0.25, -0.2) is 9.78 Å². The largest absolute Gasteiger partial charge is 0.482 e. The van der Waals surface area contributed by atoms with E-state index >= 15 is 0 Å². The minimum atomic E-state index is -0.635. The van der Waals surface area contributed by atoms with Crippen LogP contribution in [0.1, 0.15) is 21.8 Å². The molecule has 0 aliphatic carbocycles. The molecule has 10 heteroatoms. The fraction of sp³-hybridized carbons (Fsp3) is 0.130. The summed E-state index contributed by atoms with van der Waals surface area (Å²) >= 11 is 6.00. The highest BCUT2D eigenvalue weighted by molar-refractivity contribution is 6.32. The molecule has 1 amide bonds. The van der Waals surface area contributed by atoms with Crippen LogP contribution in [0.4, 0.5) is 5.69 Å². The van der Waals surface area contributed by atoms with Gasteiger partial charge in [-0.3, -0.25) is 9.59 Å². The number of ether oxygens (including phenoxy) is 2. The topological polar surface area (TPSA) is 112 Å². The number of nitrogens with zero attached hydrogens (tertiary/aromatic N) is 2. The van der Waals surface area contributed by atoms with Gasteiger partial charge < -0.3 is 19.3 Å². The summed E-state index contributed by atoms with van der Waals surface area (Å²) in [5.41, 5.74) is 0.814. The quantitative estimate of drug-likeness (QED) is 0.413. The molecule has 33 heavy (non-hydrogen) atoms. The summed E-state index contributed by atoms with van der Waals surface area (Å²) < 4.78 is 17.0. The zero-order chi connectivity index (χ0) is 23.4. The van der Waals surface area contributed by atoms with Crippen molar-refractivity contribution in [1.82, 2.24) is 9.56 Å². The van der Waals surface area contributed by atoms with E-state index < -0.39 is 17.4 Å². The molecule has 0 saturated carbocycles. The predicted octanol–water partition coefficient (Wildman–Crippen LogP) is 3.62. The van der Waals surface area contributed by atoms with Crippen molar-refractivity contribution in [3.05, 3.63) is 93.1 Å². The molecule has 0 fully saturated rings. The molecule has 4 rings (SSSR count). The van der Waals surface area contributed by atoms with E-state index in [1.54, 1.807) is 55.5 Å². The Morgan fingerprint density at radius 1 is 1.12 bits per heavy atom. The average molecular weight is 468 g/mol. The Balaban J connectivity index is 1.36. The molecule has 2 aromatic carbocycles. The summed E-state index contributed by atoms with van der Waals surface area (Å²) in [6.45, 7) is 1.25. The summed E-state index contributed by atoms with van der Waals surface area (Å²) in [6, 6.07) is 15.9. The Morgan fingerprint density at radius 2 is 1.94 bits per heavy atom. The number of esters is 1. The number of rotatable bonds is 7. The Morgan fingerprint density at radius 3 is 2.76 bits per heavy atom. The molecule has 0 saturated heterocycles. The van der Waals surface area contributed by atoms with Crippen molar-refractivity contribution in [2.75, 3.05) is 11.9 Å². The van der Waals surface area contributed by atoms with Gasteiger partial charge in [0.25, 0.3) is 11.5 Å². The van der Waals surface area contributed by atoms with E-state index in [1.165, 1.54) is 12.1 Å². The number of anilines is 1. The molecule has 4 aromatic rings. The molecule has 0 aliphatic heterocycles. The van der Waals surface area contributed by atoms with Crippen LogP contribution in [0.3, 0.4) is 0 Å². The number of para-hydroxylation sites is 1. The molecule has 0 atom stereocenters. The summed E-state index contributed by atoms with van der Waals surface area (Å²) in [7, 11) is 0. The Hall–Kier alpha value is -4.11. The number of amides is 1. The molecule has 0 radical (unpaired) electrons. The zero-order valence-corrected chi connectivity index (χ0v) is 18.2. The number of fused-ring (bicyclic) bond motifs is 1. The summed E-state index contributed by atoms with van der Waals surface area (Å²) in [5.74, 6) is -0.133. The number of carbonyl (C=O) groups is 2. The van der Waals surface area contributed by atoms with Crippen molar-refractivity contribution in [3.8, 4) is 5.75 Å². The fourth-order valence-electron chi connectivity index (χ4n) is 3.00. The molecule has 0 unspecified atom stereocenters. The van der Waals surface area contributed by atoms with Gasteiger partial charge in [0, 0.05) is 17.8 Å². The molecular formula is C23H18ClN3O6. The molecular weight excluding hydrogens is 450 g/mol. The van der Waals surface area contributed by atoms with Crippen molar-refractivity contribution in [1.29, 1.82) is 0 Å². The van der Waals surface area contributed by atoms with Gasteiger partial charge in [-0.1, -0.05) is 29.8 Å². The lowest BCUT2D eigenvalue weighted by atomic mass is 10.2. The fourth-order valence-corrected chi connectivity index (χ4v) is 3.19. The SMILES string of the molecule is Cc1cc2nc(COC(=O)c3cccc(NC(=O)COc4ccccc4Cl)c3)cc(=O)n2o1. The van der Waals surface area contributed by atoms with Gasteiger partial charge in [0.15, 0.2) is 12.3 Å². The minimum Gasteiger partial charge on any atom is -0.482 e. The van der Waals surface area contributed by atoms with Crippen LogP contribution in [0.2, 0.25) is 5.02 Å². The molecule has 0 spiro atoms. The van der Waals surface area contributed by atoms with Crippen LogP contribution in [-0.2, 0) is 16.1 Å². The van der Waals surface area contributed by atoms with Crippen molar-refractivity contribution in [2.45, 2.75) is 13.5 Å². The summed E-state index contributed by atoms with van der Waals surface area (Å²) in [6.07, 6.45) is 0. The van der Waals surface area contributed by atoms with Crippen molar-refractivity contribution < 1.29 is 23.6 Å². The lowest BCUT2D eigenvalue weighted by molar-refractivity contribution is -0.118. The van der Waals surface area contributed by atoms with Gasteiger partial charge in [0.2, 0.25) is 0 Å². The third-order valence-corrected chi connectivity index (χ3v) is 4.76. The van der Waals surface area contributed by atoms with Crippen molar-refractivity contribution in [3.63, 3.8) is 0 Å². The number of halogens is 1. The van der Waals surface area contributed by atoms with Crippen LogP contribution < -0.4 is 15.6 Å². The normalized spacial score (nSPS) is 10.7. The van der Waals surface area contributed by atoms with Gasteiger partial charge in [-0.2, -0.15) is 0 Å². The first-order valence-corrected chi connectivity index (χ1v) is 10.2. The molecule has 2 heterocycles. The number of hydrogen-bond donors (Lipinski definition) is 1. The van der Waals surface area contributed by atoms with Gasteiger partial charge in [0.1, 0.15) is 18.1 Å². The van der Waals surface area contributed by atoms with Crippen molar-refractivity contribution >= 4 is 34.8 Å². The van der Waals surface area contributed by atoms with Gasteiger partial charge >= 0.3 is 5.97 Å². The second kappa shape index (κ2) is 9.58. The van der Waals surface area contributed by atoms with Crippen LogP contribution >= 0.6 is 11.6 Å². The lowest BCUT2D eigenvalue weighted by Crippen LogP contribution is -2.20. The number of nitrogens with one attached hydrogen (secondary N) is 1. The van der Waals surface area contributed by atoms with E-state index in [0.717, 1.165) is 4.57 Å². The molecule has 0 aliphatic rings. The van der Waals surface area contributed by atoms with E-state index in [0.29, 0.717) is 27.9 Å². The van der Waals surface area contributed by atoms with E-state index in [4.69, 9.17) is 25.6 Å². The highest BCUT2D eigenvalue weighted by Crippen LogP contribution is 2.23. The lowest BCUT2D eigenvalue weighted by Gasteiger charge is -2.10. The third-order valence-electron chi connectivity index (χ3n) is 4.45. The van der Waals surface area contributed by atoms with E-state index in [1.807, 2.05) is 0 Å². The van der Waals surface area contributed by atoms with Crippen LogP contribution in [0.25, 0.3) is 5.65 Å². The monoisotopic (exact) mass is 467 g/mol. The Labute approximate surface area is 192 Å². The molecule has 2 aromatic heterocycles. The zero-order valence-electron chi connectivity index (χ0n) is 17.4. The number of aryl methyl sites for hydroxylation is 1. The number of aromatic nitrogens is 2. The Bertz CT molecular complexity index is 1390. The van der Waals surface area contributed by atoms with Gasteiger partial charge in [0.05, 0.1) is 16.3 Å². The highest BCUT2D eigenvalue weighted by atomic mass is 35.5. The summed E-state index contributed by atoms with van der Waals surface area (Å²) in [4.78, 5) is 41.0. The molecule has 168 valence electrons. The maximum Gasteiger partial charge on any atom is 0.338 e. The van der Waals surface area contributed by atoms with Gasteiger partial charge in [-0.15, -0.1) is 4.57 Å². The van der Waals surface area contributed by atoms with Gasteiger partial charge in [-0.05, 0) is 37.3 Å². The number of benzene rings is 2. The maximum absolute atomic E-state index is 12.5. The molecule has 1 N–H and O–H groups in total. The maximum atomic E-state index is 12.5. The average Bonchev–Trinajstić information content (AvgIpc) is 3.18. The standard InChI is InChI=1S/C23H18ClN3O6/c1-14-9-20-25-17(11-22(29)27(20)33-14)12-32-23(30)15-5-4-6-16(10-15)26-21(28)13-31-19-8-3-2-7-18(19)24/h2-11H,12-13H2,1H3,(H,26,28). The van der Waals surface area contributed by atoms with Crippen LogP contribution in [0, 0.1) is 6.92 Å². The summed E-state index contributed by atoms with van der Waals surface area (Å²) in [5, 5.41) is 3.05. The first-order valence-electron chi connectivity index (χ1n) is 9.83. The Kier molecular flexibility index (Phi) is 6.41. The third kappa shape index (κ3) is 5.39. The second-order valence-corrected chi connectivity index (χ2v) is 7.42. The van der Waals surface area contributed by atoms with Crippen LogP contribution in [0.15, 0.2) is 70.0 Å². The van der Waals surface area contributed by atoms with E-state index in [2.05, 4.69) is 10.3 Å². The predicted molar refractivity (Wildman–Crippen MR) is 120 cm³/mol. The highest BCUT2D eigenvalue weighted by Gasteiger charge is 2.13. The smallest absolute Gasteiger partial charge is 0.338 e. The first kappa shape index (κ1) is 22.1.